The van der Waals surface area contributed by atoms with Gasteiger partial charge in [0, 0.05) is 18.7 Å². The minimum Gasteiger partial charge on any atom is -0.375 e. The van der Waals surface area contributed by atoms with Gasteiger partial charge < -0.3 is 15.0 Å². The third kappa shape index (κ3) is 2.90. The first kappa shape index (κ1) is 14.0. The molecule has 0 radical (unpaired) electrons. The number of aromatic amines is 1. The predicted octanol–water partition coefficient (Wildman–Crippen LogP) is 2.39. The smallest absolute Gasteiger partial charge is 0.254 e. The number of aromatic nitrogens is 2. The lowest BCUT2D eigenvalue weighted by molar-refractivity contribution is -0.0615. The quantitative estimate of drug-likeness (QED) is 0.892. The van der Waals surface area contributed by atoms with Crippen molar-refractivity contribution in [2.45, 2.75) is 38.3 Å². The van der Waals surface area contributed by atoms with Gasteiger partial charge in [0.25, 0.3) is 5.91 Å². The van der Waals surface area contributed by atoms with Crippen LogP contribution in [-0.2, 0) is 4.74 Å². The van der Waals surface area contributed by atoms with Gasteiger partial charge in [-0.05, 0) is 32.8 Å². The zero-order valence-corrected chi connectivity index (χ0v) is 12.1. The highest BCUT2D eigenvalue weighted by Crippen LogP contribution is 2.24. The molecule has 2 N–H and O–H groups in total. The molecular formula is C15H18FN3O2. The Balaban J connectivity index is 1.79. The van der Waals surface area contributed by atoms with E-state index in [9.17, 15) is 9.18 Å². The summed E-state index contributed by atoms with van der Waals surface area (Å²) in [5.74, 6) is -0.948. The Morgan fingerprint density at radius 3 is 3.10 bits per heavy atom. The molecule has 0 spiro atoms. The van der Waals surface area contributed by atoms with E-state index < -0.39 is 11.7 Å². The topological polar surface area (TPSA) is 67.0 Å². The number of benzene rings is 1. The molecule has 112 valence electrons. The first-order chi connectivity index (χ1) is 9.94. The Morgan fingerprint density at radius 1 is 1.52 bits per heavy atom. The Kier molecular flexibility index (Phi) is 3.41. The SMILES string of the molecule is CC1(C)CC(NC(=O)c2cc3nc[nH]c3cc2F)CCO1. The molecule has 2 aromatic rings. The number of fused-ring (bicyclic) bond motifs is 1. The molecule has 1 amide bonds. The van der Waals surface area contributed by atoms with E-state index in [-0.39, 0.29) is 17.2 Å². The van der Waals surface area contributed by atoms with Crippen molar-refractivity contribution in [1.82, 2.24) is 15.3 Å². The Hall–Kier alpha value is -1.95. The van der Waals surface area contributed by atoms with E-state index in [0.29, 0.717) is 24.1 Å². The fraction of sp³-hybridized carbons (Fsp3) is 0.467. The monoisotopic (exact) mass is 291 g/mol. The van der Waals surface area contributed by atoms with Crippen molar-refractivity contribution in [2.24, 2.45) is 0 Å². The third-order valence-corrected chi connectivity index (χ3v) is 3.79. The van der Waals surface area contributed by atoms with E-state index in [4.69, 9.17) is 4.74 Å². The molecule has 3 rings (SSSR count). The maximum atomic E-state index is 14.0. The van der Waals surface area contributed by atoms with Crippen LogP contribution in [0.4, 0.5) is 4.39 Å². The lowest BCUT2D eigenvalue weighted by Crippen LogP contribution is -2.46. The third-order valence-electron chi connectivity index (χ3n) is 3.79. The zero-order valence-electron chi connectivity index (χ0n) is 12.1. The van der Waals surface area contributed by atoms with E-state index in [0.717, 1.165) is 6.42 Å². The van der Waals surface area contributed by atoms with E-state index in [1.165, 1.54) is 18.5 Å². The van der Waals surface area contributed by atoms with E-state index in [1.54, 1.807) is 0 Å². The summed E-state index contributed by atoms with van der Waals surface area (Å²) in [5.41, 5.74) is 0.921. The molecule has 21 heavy (non-hydrogen) atoms. The van der Waals surface area contributed by atoms with Gasteiger partial charge in [0.05, 0.1) is 28.5 Å². The largest absolute Gasteiger partial charge is 0.375 e. The molecule has 1 unspecified atom stereocenters. The number of carbonyl (C=O) groups excluding carboxylic acids is 1. The van der Waals surface area contributed by atoms with Crippen molar-refractivity contribution in [2.75, 3.05) is 6.61 Å². The minimum absolute atomic E-state index is 0.00414. The molecular weight excluding hydrogens is 273 g/mol. The van der Waals surface area contributed by atoms with Crippen molar-refractivity contribution in [1.29, 1.82) is 0 Å². The normalized spacial score (nSPS) is 21.4. The first-order valence-corrected chi connectivity index (χ1v) is 7.02. The first-order valence-electron chi connectivity index (χ1n) is 7.02. The van der Waals surface area contributed by atoms with Gasteiger partial charge in [-0.15, -0.1) is 0 Å². The summed E-state index contributed by atoms with van der Waals surface area (Å²) in [7, 11) is 0. The molecule has 0 aliphatic carbocycles. The molecule has 1 fully saturated rings. The maximum absolute atomic E-state index is 14.0. The summed E-state index contributed by atoms with van der Waals surface area (Å²) in [6.45, 7) is 4.57. The van der Waals surface area contributed by atoms with Crippen LogP contribution in [0.25, 0.3) is 11.0 Å². The summed E-state index contributed by atoms with van der Waals surface area (Å²) in [4.78, 5) is 19.2. The van der Waals surface area contributed by atoms with Gasteiger partial charge in [-0.2, -0.15) is 0 Å². The summed E-state index contributed by atoms with van der Waals surface area (Å²) in [6.07, 6.45) is 2.93. The van der Waals surface area contributed by atoms with E-state index in [2.05, 4.69) is 15.3 Å². The zero-order chi connectivity index (χ0) is 15.0. The van der Waals surface area contributed by atoms with Crippen LogP contribution in [0.2, 0.25) is 0 Å². The van der Waals surface area contributed by atoms with Crippen molar-refractivity contribution < 1.29 is 13.9 Å². The fourth-order valence-corrected chi connectivity index (χ4v) is 2.75. The summed E-state index contributed by atoms with van der Waals surface area (Å²) < 4.78 is 19.6. The van der Waals surface area contributed by atoms with Crippen LogP contribution in [-0.4, -0.2) is 34.1 Å². The number of nitrogens with one attached hydrogen (secondary N) is 2. The standard InChI is InChI=1S/C15H18FN3O2/c1-15(2)7-9(3-4-21-15)19-14(20)10-5-12-13(6-11(10)16)18-8-17-12/h5-6,8-9H,3-4,7H2,1-2H3,(H,17,18)(H,19,20). The number of rotatable bonds is 2. The Morgan fingerprint density at radius 2 is 2.33 bits per heavy atom. The summed E-state index contributed by atoms with van der Waals surface area (Å²) in [6, 6.07) is 2.77. The highest BCUT2D eigenvalue weighted by Gasteiger charge is 2.30. The second kappa shape index (κ2) is 5.11. The lowest BCUT2D eigenvalue weighted by Gasteiger charge is -2.35. The van der Waals surface area contributed by atoms with Crippen LogP contribution in [0.5, 0.6) is 0 Å². The van der Waals surface area contributed by atoms with Crippen molar-refractivity contribution in [3.8, 4) is 0 Å². The number of hydrogen-bond donors (Lipinski definition) is 2. The number of hydrogen-bond acceptors (Lipinski definition) is 3. The Labute approximate surface area is 121 Å². The average Bonchev–Trinajstić information content (AvgIpc) is 2.83. The van der Waals surface area contributed by atoms with Gasteiger partial charge in [-0.25, -0.2) is 9.37 Å². The number of H-pyrrole nitrogens is 1. The van der Waals surface area contributed by atoms with Crippen molar-refractivity contribution >= 4 is 16.9 Å². The second-order valence-electron chi connectivity index (χ2n) is 6.02. The molecule has 1 atom stereocenters. The molecule has 0 saturated carbocycles. The number of halogens is 1. The van der Waals surface area contributed by atoms with E-state index in [1.807, 2.05) is 13.8 Å². The predicted molar refractivity (Wildman–Crippen MR) is 76.6 cm³/mol. The van der Waals surface area contributed by atoms with Crippen LogP contribution in [0, 0.1) is 5.82 Å². The number of amides is 1. The van der Waals surface area contributed by atoms with Gasteiger partial charge in [-0.1, -0.05) is 0 Å². The Bertz CT molecular complexity index is 681. The molecule has 2 heterocycles. The highest BCUT2D eigenvalue weighted by atomic mass is 19.1. The summed E-state index contributed by atoms with van der Waals surface area (Å²) in [5, 5.41) is 2.89. The molecule has 6 heteroatoms. The molecule has 1 aromatic carbocycles. The van der Waals surface area contributed by atoms with Crippen LogP contribution in [0.3, 0.4) is 0 Å². The molecule has 1 saturated heterocycles. The molecule has 1 aliphatic rings. The second-order valence-corrected chi connectivity index (χ2v) is 6.02. The van der Waals surface area contributed by atoms with E-state index >= 15 is 0 Å². The number of nitrogens with zero attached hydrogens (tertiary/aromatic N) is 1. The van der Waals surface area contributed by atoms with Crippen molar-refractivity contribution in [3.63, 3.8) is 0 Å². The molecule has 1 aromatic heterocycles. The van der Waals surface area contributed by atoms with Gasteiger partial charge >= 0.3 is 0 Å². The van der Waals surface area contributed by atoms with Gasteiger partial charge in [0.2, 0.25) is 0 Å². The van der Waals surface area contributed by atoms with Crippen molar-refractivity contribution in [3.05, 3.63) is 29.8 Å². The molecule has 0 bridgehead atoms. The lowest BCUT2D eigenvalue weighted by atomic mass is 9.93. The van der Waals surface area contributed by atoms with Gasteiger partial charge in [-0.3, -0.25) is 4.79 Å². The van der Waals surface area contributed by atoms with Gasteiger partial charge in [0.1, 0.15) is 5.82 Å². The number of carbonyl (C=O) groups is 1. The highest BCUT2D eigenvalue weighted by molar-refractivity contribution is 5.97. The van der Waals surface area contributed by atoms with Gasteiger partial charge in [0.15, 0.2) is 0 Å². The number of imidazole rings is 1. The molecule has 5 nitrogen and oxygen atoms in total. The average molecular weight is 291 g/mol. The minimum atomic E-state index is -0.546. The van der Waals surface area contributed by atoms with Crippen LogP contribution < -0.4 is 5.32 Å². The van der Waals surface area contributed by atoms with Crippen LogP contribution in [0.1, 0.15) is 37.0 Å². The fourth-order valence-electron chi connectivity index (χ4n) is 2.75. The maximum Gasteiger partial charge on any atom is 0.254 e. The van der Waals surface area contributed by atoms with Crippen LogP contribution >= 0.6 is 0 Å². The molecule has 1 aliphatic heterocycles. The summed E-state index contributed by atoms with van der Waals surface area (Å²) >= 11 is 0. The van der Waals surface area contributed by atoms with Crippen LogP contribution in [0.15, 0.2) is 18.5 Å². The number of ether oxygens (including phenoxy) is 1.